The third-order valence-corrected chi connectivity index (χ3v) is 5.03. The number of phenolic OH excluding ortho intramolecular Hbond substituents is 2. The summed E-state index contributed by atoms with van der Waals surface area (Å²) in [6, 6.07) is 10.4. The highest BCUT2D eigenvalue weighted by Gasteiger charge is 2.56. The number of aromatic hydroxyl groups is 2. The van der Waals surface area contributed by atoms with Crippen molar-refractivity contribution in [3.63, 3.8) is 0 Å². The molecule has 1 unspecified atom stereocenters. The summed E-state index contributed by atoms with van der Waals surface area (Å²) in [5.74, 6) is 0.290. The van der Waals surface area contributed by atoms with Crippen LogP contribution in [0.25, 0.3) is 0 Å². The minimum absolute atomic E-state index is 0.0855. The SMILES string of the molecule is O=C1N(CCCCl)c2ccccc2C12COc1cc(O)c(O)cc12. The number of fused-ring (bicyclic) bond motifs is 4. The van der Waals surface area contributed by atoms with Gasteiger partial charge in [0.05, 0.1) is 0 Å². The maximum absolute atomic E-state index is 13.3. The van der Waals surface area contributed by atoms with Crippen LogP contribution in [0.15, 0.2) is 36.4 Å². The van der Waals surface area contributed by atoms with E-state index in [0.717, 1.165) is 11.3 Å². The van der Waals surface area contributed by atoms with E-state index >= 15 is 0 Å². The van der Waals surface area contributed by atoms with Crippen LogP contribution in [0, 0.1) is 0 Å². The van der Waals surface area contributed by atoms with Crippen molar-refractivity contribution in [2.45, 2.75) is 11.8 Å². The van der Waals surface area contributed by atoms with Gasteiger partial charge in [-0.05, 0) is 24.1 Å². The molecule has 2 N–H and O–H groups in total. The van der Waals surface area contributed by atoms with Crippen molar-refractivity contribution in [1.82, 2.24) is 0 Å². The van der Waals surface area contributed by atoms with Gasteiger partial charge in [-0.2, -0.15) is 0 Å². The number of alkyl halides is 1. The quantitative estimate of drug-likeness (QED) is 0.663. The molecule has 2 aliphatic heterocycles. The minimum Gasteiger partial charge on any atom is -0.504 e. The molecular formula is C18H16ClNO4. The zero-order valence-corrected chi connectivity index (χ0v) is 13.6. The third-order valence-electron chi connectivity index (χ3n) is 4.76. The number of ether oxygens (including phenoxy) is 1. The first-order valence-corrected chi connectivity index (χ1v) is 8.29. The summed E-state index contributed by atoms with van der Waals surface area (Å²) in [6.45, 7) is 0.680. The van der Waals surface area contributed by atoms with E-state index in [1.807, 2.05) is 24.3 Å². The summed E-state index contributed by atoms with van der Waals surface area (Å²) >= 11 is 5.80. The molecule has 0 radical (unpaired) electrons. The van der Waals surface area contributed by atoms with Crippen molar-refractivity contribution in [2.75, 3.05) is 23.9 Å². The molecule has 124 valence electrons. The van der Waals surface area contributed by atoms with Crippen LogP contribution in [0.1, 0.15) is 17.5 Å². The number of rotatable bonds is 3. The first-order chi connectivity index (χ1) is 11.6. The Balaban J connectivity index is 1.91. The van der Waals surface area contributed by atoms with E-state index < -0.39 is 5.41 Å². The van der Waals surface area contributed by atoms with E-state index in [9.17, 15) is 15.0 Å². The predicted molar refractivity (Wildman–Crippen MR) is 90.2 cm³/mol. The summed E-state index contributed by atoms with van der Waals surface area (Å²) < 4.78 is 5.71. The molecule has 1 spiro atoms. The molecule has 5 nitrogen and oxygen atoms in total. The smallest absolute Gasteiger partial charge is 0.245 e. The van der Waals surface area contributed by atoms with Crippen molar-refractivity contribution in [3.8, 4) is 17.2 Å². The molecule has 6 heteroatoms. The van der Waals surface area contributed by atoms with Crippen LogP contribution in [0.2, 0.25) is 0 Å². The fourth-order valence-corrected chi connectivity index (χ4v) is 3.76. The number of benzene rings is 2. The Bertz CT molecular complexity index is 838. The number of phenols is 2. The Morgan fingerprint density at radius 1 is 1.17 bits per heavy atom. The van der Waals surface area contributed by atoms with Gasteiger partial charge >= 0.3 is 0 Å². The van der Waals surface area contributed by atoms with Gasteiger partial charge in [0.2, 0.25) is 5.91 Å². The van der Waals surface area contributed by atoms with Gasteiger partial charge < -0.3 is 19.8 Å². The van der Waals surface area contributed by atoms with Crippen LogP contribution < -0.4 is 9.64 Å². The Morgan fingerprint density at radius 2 is 1.92 bits per heavy atom. The zero-order valence-electron chi connectivity index (χ0n) is 12.8. The molecule has 2 aromatic carbocycles. The Morgan fingerprint density at radius 3 is 2.71 bits per heavy atom. The number of amides is 1. The van der Waals surface area contributed by atoms with E-state index in [2.05, 4.69) is 0 Å². The van der Waals surface area contributed by atoms with Crippen molar-refractivity contribution in [2.24, 2.45) is 0 Å². The molecular weight excluding hydrogens is 330 g/mol. The minimum atomic E-state index is -0.983. The first-order valence-electron chi connectivity index (χ1n) is 7.76. The van der Waals surface area contributed by atoms with Crippen LogP contribution in [0.5, 0.6) is 17.2 Å². The van der Waals surface area contributed by atoms with E-state index in [4.69, 9.17) is 16.3 Å². The molecule has 0 fully saturated rings. The van der Waals surface area contributed by atoms with Crippen molar-refractivity contribution in [3.05, 3.63) is 47.5 Å². The van der Waals surface area contributed by atoms with Crippen LogP contribution in [0.4, 0.5) is 5.69 Å². The highest BCUT2D eigenvalue weighted by molar-refractivity contribution is 6.18. The van der Waals surface area contributed by atoms with Crippen LogP contribution in [-0.4, -0.2) is 35.2 Å². The van der Waals surface area contributed by atoms with Crippen molar-refractivity contribution in [1.29, 1.82) is 0 Å². The highest BCUT2D eigenvalue weighted by atomic mass is 35.5. The second-order valence-corrected chi connectivity index (χ2v) is 6.43. The molecule has 0 saturated heterocycles. The molecule has 24 heavy (non-hydrogen) atoms. The molecule has 0 aliphatic carbocycles. The number of para-hydroxylation sites is 1. The lowest BCUT2D eigenvalue weighted by atomic mass is 9.77. The number of hydrogen-bond acceptors (Lipinski definition) is 4. The lowest BCUT2D eigenvalue weighted by Gasteiger charge is -2.23. The number of halogens is 1. The van der Waals surface area contributed by atoms with Gasteiger partial charge in [0.1, 0.15) is 17.8 Å². The average molecular weight is 346 g/mol. The van der Waals surface area contributed by atoms with Gasteiger partial charge in [-0.15, -0.1) is 11.6 Å². The average Bonchev–Trinajstić information content (AvgIpc) is 3.06. The topological polar surface area (TPSA) is 70.0 Å². The summed E-state index contributed by atoms with van der Waals surface area (Å²) in [5, 5.41) is 19.6. The van der Waals surface area contributed by atoms with E-state index in [1.165, 1.54) is 12.1 Å². The fraction of sp³-hybridized carbons (Fsp3) is 0.278. The number of hydrogen-bond donors (Lipinski definition) is 2. The first kappa shape index (κ1) is 15.1. The Hall–Kier alpha value is -2.40. The number of carbonyl (C=O) groups excluding carboxylic acids is 1. The molecule has 0 saturated carbocycles. The summed E-state index contributed by atoms with van der Waals surface area (Å²) in [4.78, 5) is 15.0. The molecule has 2 heterocycles. The van der Waals surface area contributed by atoms with Crippen LogP contribution in [0.3, 0.4) is 0 Å². The predicted octanol–water partition coefficient (Wildman–Crippen LogP) is 2.75. The third kappa shape index (κ3) is 1.85. The van der Waals surface area contributed by atoms with E-state index in [-0.39, 0.29) is 24.0 Å². The monoisotopic (exact) mass is 345 g/mol. The molecule has 0 bridgehead atoms. The van der Waals surface area contributed by atoms with Crippen LogP contribution in [-0.2, 0) is 10.2 Å². The molecule has 2 aliphatic rings. The molecule has 2 aromatic rings. The summed E-state index contributed by atoms with van der Waals surface area (Å²) in [7, 11) is 0. The maximum atomic E-state index is 13.3. The molecule has 1 amide bonds. The van der Waals surface area contributed by atoms with E-state index in [0.29, 0.717) is 30.2 Å². The zero-order chi connectivity index (χ0) is 16.9. The highest BCUT2D eigenvalue weighted by Crippen LogP contribution is 2.54. The number of anilines is 1. The molecule has 0 aromatic heterocycles. The number of carbonyl (C=O) groups is 1. The lowest BCUT2D eigenvalue weighted by Crippen LogP contribution is -2.42. The lowest BCUT2D eigenvalue weighted by molar-refractivity contribution is -0.122. The Kier molecular flexibility index (Phi) is 3.35. The molecule has 1 atom stereocenters. The second kappa shape index (κ2) is 5.31. The second-order valence-electron chi connectivity index (χ2n) is 6.05. The fourth-order valence-electron chi connectivity index (χ4n) is 3.64. The maximum Gasteiger partial charge on any atom is 0.245 e. The standard InChI is InChI=1S/C18H16ClNO4/c19-6-3-7-20-13-5-2-1-4-11(13)18(17(20)23)10-24-16-9-15(22)14(21)8-12(16)18/h1-2,4-5,8-9,21-22H,3,6-7,10H2. The van der Waals surface area contributed by atoms with Crippen molar-refractivity contribution >= 4 is 23.2 Å². The van der Waals surface area contributed by atoms with Crippen molar-refractivity contribution < 1.29 is 19.7 Å². The largest absolute Gasteiger partial charge is 0.504 e. The summed E-state index contributed by atoms with van der Waals surface area (Å²) in [6.07, 6.45) is 0.687. The van der Waals surface area contributed by atoms with Crippen LogP contribution >= 0.6 is 11.6 Å². The van der Waals surface area contributed by atoms with E-state index in [1.54, 1.807) is 4.90 Å². The normalized spacial score (nSPS) is 21.0. The van der Waals surface area contributed by atoms with Gasteiger partial charge in [0.15, 0.2) is 11.5 Å². The summed E-state index contributed by atoms with van der Waals surface area (Å²) in [5.41, 5.74) is 1.30. The molecule has 4 rings (SSSR count). The van der Waals surface area contributed by atoms with Gasteiger partial charge in [-0.25, -0.2) is 0 Å². The number of nitrogens with zero attached hydrogens (tertiary/aromatic N) is 1. The Labute approximate surface area is 144 Å². The van der Waals surface area contributed by atoms with Gasteiger partial charge in [0, 0.05) is 29.7 Å². The van der Waals surface area contributed by atoms with Gasteiger partial charge in [-0.1, -0.05) is 18.2 Å². The van der Waals surface area contributed by atoms with Gasteiger partial charge in [-0.3, -0.25) is 4.79 Å². The van der Waals surface area contributed by atoms with Gasteiger partial charge in [0.25, 0.3) is 0 Å².